The maximum absolute atomic E-state index is 12.5. The van der Waals surface area contributed by atoms with Crippen LogP contribution >= 0.6 is 11.3 Å². The summed E-state index contributed by atoms with van der Waals surface area (Å²) >= 11 is 1.70. The molecule has 1 atom stereocenters. The maximum atomic E-state index is 12.5. The summed E-state index contributed by atoms with van der Waals surface area (Å²) in [6.07, 6.45) is -0.458. The third kappa shape index (κ3) is 4.33. The zero-order valence-electron chi connectivity index (χ0n) is 14.1. The van der Waals surface area contributed by atoms with Crippen molar-refractivity contribution in [2.75, 3.05) is 26.2 Å². The van der Waals surface area contributed by atoms with Crippen molar-refractivity contribution < 1.29 is 9.53 Å². The number of carbonyl (C=O) groups is 1. The third-order valence-corrected chi connectivity index (χ3v) is 5.06. The molecule has 1 aliphatic heterocycles. The van der Waals surface area contributed by atoms with Crippen molar-refractivity contribution in [2.24, 2.45) is 0 Å². The highest BCUT2D eigenvalue weighted by molar-refractivity contribution is 7.09. The first-order valence-corrected chi connectivity index (χ1v) is 9.13. The fourth-order valence-corrected chi connectivity index (χ4v) is 3.62. The molecule has 3 rings (SSSR count). The molecule has 2 heterocycles. The van der Waals surface area contributed by atoms with Gasteiger partial charge in [0.1, 0.15) is 10.8 Å². The Morgan fingerprint density at radius 1 is 1.25 bits per heavy atom. The molecular weight excluding hydrogens is 322 g/mol. The van der Waals surface area contributed by atoms with Crippen molar-refractivity contribution in [3.05, 3.63) is 46.4 Å². The Hall–Kier alpha value is -1.92. The molecule has 1 amide bonds. The molecule has 0 unspecified atom stereocenters. The number of nitrogens with zero attached hydrogens (tertiary/aromatic N) is 3. The van der Waals surface area contributed by atoms with Crippen LogP contribution in [0.15, 0.2) is 35.7 Å². The molecule has 0 bridgehead atoms. The van der Waals surface area contributed by atoms with Gasteiger partial charge in [0.2, 0.25) is 0 Å². The molecule has 6 heteroatoms. The van der Waals surface area contributed by atoms with E-state index in [1.807, 2.05) is 49.1 Å². The Morgan fingerprint density at radius 3 is 2.58 bits per heavy atom. The predicted molar refractivity (Wildman–Crippen MR) is 95.2 cm³/mol. The Kier molecular flexibility index (Phi) is 5.48. The zero-order valence-corrected chi connectivity index (χ0v) is 15.0. The predicted octanol–water partition coefficient (Wildman–Crippen LogP) is 2.56. The summed E-state index contributed by atoms with van der Waals surface area (Å²) in [6, 6.07) is 9.50. The minimum Gasteiger partial charge on any atom is -0.481 e. The van der Waals surface area contributed by atoms with Gasteiger partial charge in [0.25, 0.3) is 5.91 Å². The Labute approximate surface area is 146 Å². The lowest BCUT2D eigenvalue weighted by Gasteiger charge is -2.35. The van der Waals surface area contributed by atoms with E-state index in [1.54, 1.807) is 11.3 Å². The van der Waals surface area contributed by atoms with Crippen LogP contribution in [0.1, 0.15) is 17.6 Å². The lowest BCUT2D eigenvalue weighted by molar-refractivity contribution is -0.139. The first-order chi connectivity index (χ1) is 11.6. The number of aromatic nitrogens is 1. The van der Waals surface area contributed by atoms with Crippen LogP contribution in [0.25, 0.3) is 0 Å². The lowest BCUT2D eigenvalue weighted by atomic mass is 10.2. The molecule has 1 aliphatic rings. The van der Waals surface area contributed by atoms with E-state index in [-0.39, 0.29) is 5.91 Å². The largest absolute Gasteiger partial charge is 0.481 e. The number of hydrogen-bond donors (Lipinski definition) is 0. The summed E-state index contributed by atoms with van der Waals surface area (Å²) in [5.41, 5.74) is 1.08. The molecule has 0 spiro atoms. The third-order valence-electron chi connectivity index (χ3n) is 4.11. The van der Waals surface area contributed by atoms with E-state index in [4.69, 9.17) is 4.74 Å². The van der Waals surface area contributed by atoms with Crippen LogP contribution in [0.4, 0.5) is 0 Å². The molecule has 0 aliphatic carbocycles. The average Bonchev–Trinajstić information content (AvgIpc) is 3.00. The number of benzene rings is 1. The Bertz CT molecular complexity index is 666. The number of ether oxygens (including phenoxy) is 1. The highest BCUT2D eigenvalue weighted by Crippen LogP contribution is 2.15. The van der Waals surface area contributed by atoms with Crippen molar-refractivity contribution in [2.45, 2.75) is 26.5 Å². The van der Waals surface area contributed by atoms with Gasteiger partial charge >= 0.3 is 0 Å². The molecule has 2 aromatic rings. The normalized spacial score (nSPS) is 16.8. The van der Waals surface area contributed by atoms with Crippen molar-refractivity contribution >= 4 is 17.2 Å². The minimum atomic E-state index is -0.458. The molecule has 1 fully saturated rings. The van der Waals surface area contributed by atoms with Crippen LogP contribution in [0.5, 0.6) is 5.75 Å². The Balaban J connectivity index is 1.47. The van der Waals surface area contributed by atoms with E-state index in [1.165, 1.54) is 0 Å². The molecule has 1 saturated heterocycles. The van der Waals surface area contributed by atoms with Crippen LogP contribution in [0, 0.1) is 6.92 Å². The van der Waals surface area contributed by atoms with Crippen molar-refractivity contribution in [1.82, 2.24) is 14.8 Å². The monoisotopic (exact) mass is 345 g/mol. The number of thiazole rings is 1. The van der Waals surface area contributed by atoms with Gasteiger partial charge in [-0.1, -0.05) is 18.2 Å². The van der Waals surface area contributed by atoms with Gasteiger partial charge in [-0.3, -0.25) is 9.69 Å². The van der Waals surface area contributed by atoms with Gasteiger partial charge in [-0.2, -0.15) is 0 Å². The highest BCUT2D eigenvalue weighted by atomic mass is 32.1. The van der Waals surface area contributed by atoms with E-state index in [2.05, 4.69) is 15.3 Å². The highest BCUT2D eigenvalue weighted by Gasteiger charge is 2.26. The summed E-state index contributed by atoms with van der Waals surface area (Å²) in [4.78, 5) is 21.3. The first kappa shape index (κ1) is 16.9. The topological polar surface area (TPSA) is 45.7 Å². The van der Waals surface area contributed by atoms with E-state index < -0.39 is 6.10 Å². The molecule has 0 N–H and O–H groups in total. The van der Waals surface area contributed by atoms with Crippen molar-refractivity contribution in [3.63, 3.8) is 0 Å². The Morgan fingerprint density at radius 2 is 1.96 bits per heavy atom. The molecule has 1 aromatic heterocycles. The number of hydrogen-bond acceptors (Lipinski definition) is 5. The van der Waals surface area contributed by atoms with Gasteiger partial charge in [-0.25, -0.2) is 4.98 Å². The van der Waals surface area contributed by atoms with Gasteiger partial charge in [0.05, 0.1) is 6.54 Å². The number of piperazine rings is 1. The maximum Gasteiger partial charge on any atom is 0.263 e. The summed E-state index contributed by atoms with van der Waals surface area (Å²) in [7, 11) is 0. The van der Waals surface area contributed by atoms with Crippen LogP contribution < -0.4 is 4.74 Å². The van der Waals surface area contributed by atoms with E-state index in [9.17, 15) is 4.79 Å². The fourth-order valence-electron chi connectivity index (χ4n) is 2.80. The summed E-state index contributed by atoms with van der Waals surface area (Å²) < 4.78 is 5.74. The molecular formula is C18H23N3O2S. The van der Waals surface area contributed by atoms with Crippen LogP contribution in [-0.4, -0.2) is 53.0 Å². The van der Waals surface area contributed by atoms with Gasteiger partial charge in [-0.05, 0) is 26.0 Å². The zero-order chi connectivity index (χ0) is 16.9. The van der Waals surface area contributed by atoms with Crippen LogP contribution in [-0.2, 0) is 11.3 Å². The van der Waals surface area contributed by atoms with Crippen LogP contribution in [0.3, 0.4) is 0 Å². The first-order valence-electron chi connectivity index (χ1n) is 8.25. The van der Waals surface area contributed by atoms with E-state index >= 15 is 0 Å². The standard InChI is InChI=1S/C18H23N3O2S/c1-14-13-24-17(19-14)12-20-8-10-21(11-9-20)18(22)15(2)23-16-6-4-3-5-7-16/h3-7,13,15H,8-12H2,1-2H3/t15-/m0/s1. The lowest BCUT2D eigenvalue weighted by Crippen LogP contribution is -2.51. The number of amides is 1. The van der Waals surface area contributed by atoms with Crippen LogP contribution in [0.2, 0.25) is 0 Å². The van der Waals surface area contributed by atoms with E-state index in [0.717, 1.165) is 49.2 Å². The van der Waals surface area contributed by atoms with Gasteiger partial charge in [-0.15, -0.1) is 11.3 Å². The average molecular weight is 345 g/mol. The number of para-hydroxylation sites is 1. The van der Waals surface area contributed by atoms with Gasteiger partial charge in [0.15, 0.2) is 6.10 Å². The quantitative estimate of drug-likeness (QED) is 0.835. The summed E-state index contributed by atoms with van der Waals surface area (Å²) in [6.45, 7) is 7.95. The van der Waals surface area contributed by atoms with Crippen molar-refractivity contribution in [3.8, 4) is 5.75 Å². The summed E-state index contributed by atoms with van der Waals surface area (Å²) in [5, 5.41) is 3.23. The molecule has 5 nitrogen and oxygen atoms in total. The van der Waals surface area contributed by atoms with E-state index in [0.29, 0.717) is 0 Å². The smallest absolute Gasteiger partial charge is 0.263 e. The second kappa shape index (κ2) is 7.77. The molecule has 128 valence electrons. The van der Waals surface area contributed by atoms with Crippen molar-refractivity contribution in [1.29, 1.82) is 0 Å². The van der Waals surface area contributed by atoms with Gasteiger partial charge in [0, 0.05) is 37.3 Å². The molecule has 1 aromatic carbocycles. The number of aryl methyl sites for hydroxylation is 1. The SMILES string of the molecule is Cc1csc(CN2CCN(C(=O)[C@H](C)Oc3ccccc3)CC2)n1. The fraction of sp³-hybridized carbons (Fsp3) is 0.444. The summed E-state index contributed by atoms with van der Waals surface area (Å²) in [5.74, 6) is 0.791. The minimum absolute atomic E-state index is 0.0589. The second-order valence-electron chi connectivity index (χ2n) is 6.06. The van der Waals surface area contributed by atoms with Gasteiger partial charge < -0.3 is 9.64 Å². The molecule has 0 saturated carbocycles. The second-order valence-corrected chi connectivity index (χ2v) is 7.00. The molecule has 24 heavy (non-hydrogen) atoms. The number of carbonyl (C=O) groups excluding carboxylic acids is 1. The molecule has 0 radical (unpaired) electrons. The number of rotatable bonds is 5.